The third-order valence-corrected chi connectivity index (χ3v) is 5.45. The van der Waals surface area contributed by atoms with Crippen LogP contribution < -0.4 is 0 Å². The summed E-state index contributed by atoms with van der Waals surface area (Å²) in [5, 5.41) is 0. The summed E-state index contributed by atoms with van der Waals surface area (Å²) in [7, 11) is 0. The third-order valence-electron chi connectivity index (χ3n) is 5.45. The van der Waals surface area contributed by atoms with Gasteiger partial charge < -0.3 is 0 Å². The molecule has 0 aromatic heterocycles. The lowest BCUT2D eigenvalue weighted by Gasteiger charge is -2.31. The molecule has 0 spiro atoms. The van der Waals surface area contributed by atoms with Gasteiger partial charge in [-0.25, -0.2) is 0 Å². The van der Waals surface area contributed by atoms with Crippen LogP contribution in [0.1, 0.15) is 109 Å². The molecule has 0 aliphatic heterocycles. The number of aryl methyl sites for hydroxylation is 1. The average Bonchev–Trinajstić information content (AvgIpc) is 2.83. The predicted molar refractivity (Wildman–Crippen MR) is 110 cm³/mol. The summed E-state index contributed by atoms with van der Waals surface area (Å²) in [5.74, 6) is 2.98. The monoisotopic (exact) mass is 330 g/mol. The van der Waals surface area contributed by atoms with E-state index >= 15 is 0 Å². The summed E-state index contributed by atoms with van der Waals surface area (Å²) in [5.41, 5.74) is 2.94. The normalized spacial score (nSPS) is 23.7. The van der Waals surface area contributed by atoms with Gasteiger partial charge in [0.15, 0.2) is 0 Å². The van der Waals surface area contributed by atoms with Crippen molar-refractivity contribution in [2.24, 2.45) is 11.8 Å². The highest BCUT2D eigenvalue weighted by Crippen LogP contribution is 2.34. The van der Waals surface area contributed by atoms with Crippen LogP contribution in [0.4, 0.5) is 0 Å². The predicted octanol–water partition coefficient (Wildman–Crippen LogP) is 8.29. The fraction of sp³-hybridized carbons (Fsp3) is 0.750. The van der Waals surface area contributed by atoms with Gasteiger partial charge in [-0.15, -0.1) is 0 Å². The zero-order chi connectivity index (χ0) is 17.8. The van der Waals surface area contributed by atoms with Crippen molar-refractivity contribution < 1.29 is 0 Å². The highest BCUT2D eigenvalue weighted by Gasteiger charge is 2.22. The van der Waals surface area contributed by atoms with Crippen molar-refractivity contribution in [3.8, 4) is 0 Å². The van der Waals surface area contributed by atoms with E-state index in [1.807, 2.05) is 0 Å². The highest BCUT2D eigenvalue weighted by atomic mass is 14.3. The molecule has 0 amide bonds. The molecule has 2 aliphatic rings. The van der Waals surface area contributed by atoms with Gasteiger partial charge in [0.05, 0.1) is 0 Å². The van der Waals surface area contributed by atoms with Gasteiger partial charge in [0.1, 0.15) is 0 Å². The minimum absolute atomic E-state index is 0.845. The molecule has 0 N–H and O–H groups in total. The molecule has 138 valence electrons. The number of hydrogen-bond donors (Lipinski definition) is 0. The average molecular weight is 331 g/mol. The lowest BCUT2D eigenvalue weighted by atomic mass is 9.75. The Morgan fingerprint density at radius 3 is 1.71 bits per heavy atom. The molecule has 24 heavy (non-hydrogen) atoms. The Labute approximate surface area is 152 Å². The fourth-order valence-electron chi connectivity index (χ4n) is 3.85. The standard InChI is InChI=1S/C14H20.C7H14.C3H8/c1-12-8-10-14(11-9-12)13-6-4-2-3-5-7-13;1-3-7-4-6(2)5-7;1-3-2/h8-11,13H,2-7H2,1H3;6-7H,3-5H2,1-2H3;3H2,1-2H3. The van der Waals surface area contributed by atoms with Crippen LogP contribution in [0, 0.1) is 18.8 Å². The molecule has 1 aromatic carbocycles. The van der Waals surface area contributed by atoms with Crippen LogP contribution in [0.15, 0.2) is 24.3 Å². The van der Waals surface area contributed by atoms with Gasteiger partial charge >= 0.3 is 0 Å². The molecule has 0 nitrogen and oxygen atoms in total. The number of hydrogen-bond acceptors (Lipinski definition) is 0. The van der Waals surface area contributed by atoms with Gasteiger partial charge in [0.2, 0.25) is 0 Å². The Kier molecular flexibility index (Phi) is 11.1. The first-order valence-electron chi connectivity index (χ1n) is 10.7. The summed E-state index contributed by atoms with van der Waals surface area (Å²) in [6.45, 7) is 11.0. The fourth-order valence-corrected chi connectivity index (χ4v) is 3.85. The van der Waals surface area contributed by atoms with Crippen molar-refractivity contribution in [3.63, 3.8) is 0 Å². The van der Waals surface area contributed by atoms with Crippen molar-refractivity contribution in [2.75, 3.05) is 0 Å². The van der Waals surface area contributed by atoms with E-state index in [2.05, 4.69) is 58.9 Å². The molecule has 0 atom stereocenters. The molecule has 1 aromatic rings. The summed E-state index contributed by atoms with van der Waals surface area (Å²) in [6.07, 6.45) is 14.2. The van der Waals surface area contributed by atoms with Crippen LogP contribution >= 0.6 is 0 Å². The van der Waals surface area contributed by atoms with E-state index in [4.69, 9.17) is 0 Å². The van der Waals surface area contributed by atoms with Gasteiger partial charge in [0.25, 0.3) is 0 Å². The molecule has 0 saturated heterocycles. The lowest BCUT2D eigenvalue weighted by Crippen LogP contribution is -2.19. The molecule has 2 saturated carbocycles. The van der Waals surface area contributed by atoms with Crippen LogP contribution in [0.2, 0.25) is 0 Å². The maximum atomic E-state index is 2.34. The maximum Gasteiger partial charge on any atom is -0.0162 e. The molecule has 2 fully saturated rings. The van der Waals surface area contributed by atoms with E-state index in [0.717, 1.165) is 17.8 Å². The smallest absolute Gasteiger partial charge is 0.0162 e. The van der Waals surface area contributed by atoms with Gasteiger partial charge in [0, 0.05) is 0 Å². The molecule has 0 bridgehead atoms. The molecule has 0 heterocycles. The summed E-state index contributed by atoms with van der Waals surface area (Å²) < 4.78 is 0. The first kappa shape index (κ1) is 21.3. The van der Waals surface area contributed by atoms with Gasteiger partial charge in [-0.3, -0.25) is 0 Å². The van der Waals surface area contributed by atoms with E-state index in [-0.39, 0.29) is 0 Å². The quantitative estimate of drug-likeness (QED) is 0.478. The van der Waals surface area contributed by atoms with Crippen molar-refractivity contribution in [2.45, 2.75) is 105 Å². The number of benzene rings is 1. The second-order valence-electron chi connectivity index (χ2n) is 8.16. The van der Waals surface area contributed by atoms with Gasteiger partial charge in [-0.2, -0.15) is 0 Å². The van der Waals surface area contributed by atoms with Crippen molar-refractivity contribution in [1.82, 2.24) is 0 Å². The SMILES string of the molecule is CCC.CCC1CC(C)C1.Cc1ccc(C2CCCCCC2)cc1. The Bertz CT molecular complexity index is 389. The first-order valence-corrected chi connectivity index (χ1v) is 10.7. The van der Waals surface area contributed by atoms with Gasteiger partial charge in [-0.05, 0) is 55.9 Å². The largest absolute Gasteiger partial charge is 0.0656 e. The Balaban J connectivity index is 0.000000241. The van der Waals surface area contributed by atoms with E-state index in [1.165, 1.54) is 69.8 Å². The van der Waals surface area contributed by atoms with Gasteiger partial charge in [-0.1, -0.05) is 96.0 Å². The highest BCUT2D eigenvalue weighted by molar-refractivity contribution is 5.24. The molecular formula is C24H42. The molecule has 3 rings (SSSR count). The van der Waals surface area contributed by atoms with Crippen LogP contribution in [0.25, 0.3) is 0 Å². The Hall–Kier alpha value is -0.780. The Morgan fingerprint density at radius 2 is 1.33 bits per heavy atom. The summed E-state index contributed by atoms with van der Waals surface area (Å²) in [4.78, 5) is 0. The van der Waals surface area contributed by atoms with E-state index < -0.39 is 0 Å². The van der Waals surface area contributed by atoms with Crippen molar-refractivity contribution in [1.29, 1.82) is 0 Å². The number of rotatable bonds is 2. The molecule has 0 radical (unpaired) electrons. The summed E-state index contributed by atoms with van der Waals surface area (Å²) >= 11 is 0. The Morgan fingerprint density at radius 1 is 0.833 bits per heavy atom. The van der Waals surface area contributed by atoms with E-state index in [9.17, 15) is 0 Å². The minimum Gasteiger partial charge on any atom is -0.0656 e. The topological polar surface area (TPSA) is 0 Å². The van der Waals surface area contributed by atoms with Crippen LogP contribution in [0.3, 0.4) is 0 Å². The third kappa shape index (κ3) is 8.36. The minimum atomic E-state index is 0.845. The van der Waals surface area contributed by atoms with Crippen molar-refractivity contribution in [3.05, 3.63) is 35.4 Å². The van der Waals surface area contributed by atoms with Crippen LogP contribution in [-0.2, 0) is 0 Å². The van der Waals surface area contributed by atoms with Crippen LogP contribution in [-0.4, -0.2) is 0 Å². The molecule has 0 heteroatoms. The first-order chi connectivity index (χ1) is 11.6. The molecule has 2 aliphatic carbocycles. The molecular weight excluding hydrogens is 288 g/mol. The maximum absolute atomic E-state index is 2.34. The second-order valence-corrected chi connectivity index (χ2v) is 8.16. The van der Waals surface area contributed by atoms with E-state index in [0.29, 0.717) is 0 Å². The van der Waals surface area contributed by atoms with Crippen molar-refractivity contribution >= 4 is 0 Å². The lowest BCUT2D eigenvalue weighted by molar-refractivity contribution is 0.206. The molecule has 0 unspecified atom stereocenters. The summed E-state index contributed by atoms with van der Waals surface area (Å²) in [6, 6.07) is 9.15. The van der Waals surface area contributed by atoms with E-state index in [1.54, 1.807) is 5.56 Å². The zero-order valence-corrected chi connectivity index (χ0v) is 17.1. The zero-order valence-electron chi connectivity index (χ0n) is 17.1. The second kappa shape index (κ2) is 12.6. The van der Waals surface area contributed by atoms with Crippen LogP contribution in [0.5, 0.6) is 0 Å².